The summed E-state index contributed by atoms with van der Waals surface area (Å²) < 4.78 is 6.50. The number of aliphatic hydroxyl groups excluding tert-OH is 1. The minimum Gasteiger partial charge on any atom is -0.493 e. The Hall–Kier alpha value is -1.46. The molecular weight excluding hydrogens is 296 g/mol. The van der Waals surface area contributed by atoms with Gasteiger partial charge in [0.25, 0.3) is 0 Å². The highest BCUT2D eigenvalue weighted by Crippen LogP contribution is 2.19. The van der Waals surface area contributed by atoms with Gasteiger partial charge in [-0.2, -0.15) is 0 Å². The molecule has 1 heterocycles. The summed E-state index contributed by atoms with van der Waals surface area (Å²) in [6, 6.07) is 9.30. The quantitative estimate of drug-likeness (QED) is 0.923. The average molecular weight is 309 g/mol. The molecule has 0 amide bonds. The van der Waals surface area contributed by atoms with Gasteiger partial charge in [-0.1, -0.05) is 22.0 Å². The van der Waals surface area contributed by atoms with Crippen molar-refractivity contribution in [1.29, 1.82) is 0 Å². The van der Waals surface area contributed by atoms with E-state index in [-0.39, 0.29) is 0 Å². The first-order chi connectivity index (χ1) is 8.75. The molecule has 0 spiro atoms. The summed E-state index contributed by atoms with van der Waals surface area (Å²) in [5.74, 6) is 1.20. The zero-order valence-corrected chi connectivity index (χ0v) is 11.2. The molecule has 0 aliphatic rings. The lowest BCUT2D eigenvalue weighted by molar-refractivity contribution is 0.132. The number of ether oxygens (including phenoxy) is 1. The van der Waals surface area contributed by atoms with Crippen molar-refractivity contribution >= 4 is 15.9 Å². The van der Waals surface area contributed by atoms with Crippen LogP contribution < -0.4 is 4.74 Å². The van der Waals surface area contributed by atoms with Gasteiger partial charge in [0.05, 0.1) is 6.61 Å². The van der Waals surface area contributed by atoms with Gasteiger partial charge in [-0.15, -0.1) is 0 Å². The van der Waals surface area contributed by atoms with Crippen LogP contribution in [0.3, 0.4) is 0 Å². The highest BCUT2D eigenvalue weighted by atomic mass is 79.9. The second kappa shape index (κ2) is 6.47. The minimum absolute atomic E-state index is 0.413. The third-order valence-corrected chi connectivity index (χ3v) is 2.83. The molecule has 0 saturated heterocycles. The van der Waals surface area contributed by atoms with E-state index in [1.165, 1.54) is 0 Å². The Kier molecular flexibility index (Phi) is 4.66. The Balaban J connectivity index is 1.82. The zero-order chi connectivity index (χ0) is 12.8. The summed E-state index contributed by atoms with van der Waals surface area (Å²) >= 11 is 3.37. The maximum Gasteiger partial charge on any atom is 0.156 e. The van der Waals surface area contributed by atoms with Crippen LogP contribution in [-0.4, -0.2) is 21.7 Å². The van der Waals surface area contributed by atoms with E-state index in [1.54, 1.807) is 18.5 Å². The number of nitrogens with zero attached hydrogens (tertiary/aromatic N) is 2. The molecule has 0 bridgehead atoms. The second-order valence-corrected chi connectivity index (χ2v) is 4.63. The minimum atomic E-state index is -0.696. The predicted molar refractivity (Wildman–Crippen MR) is 71.2 cm³/mol. The number of hydrogen-bond donors (Lipinski definition) is 1. The lowest BCUT2D eigenvalue weighted by Crippen LogP contribution is -2.08. The van der Waals surface area contributed by atoms with Crippen LogP contribution >= 0.6 is 15.9 Å². The molecule has 2 rings (SSSR count). The van der Waals surface area contributed by atoms with Crippen LogP contribution in [0.25, 0.3) is 0 Å². The molecule has 0 radical (unpaired) electrons. The van der Waals surface area contributed by atoms with Gasteiger partial charge in [0.2, 0.25) is 0 Å². The van der Waals surface area contributed by atoms with Gasteiger partial charge >= 0.3 is 0 Å². The van der Waals surface area contributed by atoms with E-state index in [0.29, 0.717) is 18.9 Å². The number of hydrogen-bond acceptors (Lipinski definition) is 4. The molecule has 94 valence electrons. The van der Waals surface area contributed by atoms with Crippen molar-refractivity contribution in [2.24, 2.45) is 0 Å². The van der Waals surface area contributed by atoms with Crippen molar-refractivity contribution in [2.45, 2.75) is 12.5 Å². The number of halogens is 1. The van der Waals surface area contributed by atoms with Gasteiger partial charge in [0.15, 0.2) is 5.82 Å². The monoisotopic (exact) mass is 308 g/mol. The summed E-state index contributed by atoms with van der Waals surface area (Å²) in [7, 11) is 0. The first-order valence-electron chi connectivity index (χ1n) is 5.59. The first kappa shape index (κ1) is 13.0. The molecule has 0 aliphatic heterocycles. The van der Waals surface area contributed by atoms with Crippen molar-refractivity contribution in [3.63, 3.8) is 0 Å². The number of benzene rings is 1. The van der Waals surface area contributed by atoms with Gasteiger partial charge in [-0.05, 0) is 24.3 Å². The second-order valence-electron chi connectivity index (χ2n) is 3.72. The Bertz CT molecular complexity index is 493. The normalized spacial score (nSPS) is 12.1. The van der Waals surface area contributed by atoms with Crippen LogP contribution in [0.1, 0.15) is 18.3 Å². The van der Waals surface area contributed by atoms with E-state index in [9.17, 15) is 5.11 Å². The smallest absolute Gasteiger partial charge is 0.156 e. The molecule has 0 saturated carbocycles. The summed E-state index contributed by atoms with van der Waals surface area (Å²) in [5.41, 5.74) is 0. The van der Waals surface area contributed by atoms with Crippen molar-refractivity contribution in [3.05, 3.63) is 53.0 Å². The Morgan fingerprint density at radius 3 is 2.72 bits per heavy atom. The molecule has 1 aromatic heterocycles. The number of rotatable bonds is 5. The van der Waals surface area contributed by atoms with Crippen molar-refractivity contribution in [2.75, 3.05) is 6.61 Å². The molecule has 1 atom stereocenters. The highest BCUT2D eigenvalue weighted by Gasteiger charge is 2.09. The third kappa shape index (κ3) is 3.78. The standard InChI is InChI=1S/C13H13BrN2O2/c14-10-3-1-4-11(9-10)18-8-5-12(17)13-15-6-2-7-16-13/h1-4,6-7,9,12,17H,5,8H2. The molecule has 1 aromatic carbocycles. The molecule has 5 heteroatoms. The van der Waals surface area contributed by atoms with Crippen LogP contribution in [0, 0.1) is 0 Å². The van der Waals surface area contributed by atoms with Gasteiger partial charge < -0.3 is 9.84 Å². The van der Waals surface area contributed by atoms with Crippen LogP contribution in [0.4, 0.5) is 0 Å². The Morgan fingerprint density at radius 2 is 2.00 bits per heavy atom. The fourth-order valence-corrected chi connectivity index (χ4v) is 1.84. The van der Waals surface area contributed by atoms with E-state index in [0.717, 1.165) is 10.2 Å². The van der Waals surface area contributed by atoms with E-state index >= 15 is 0 Å². The van der Waals surface area contributed by atoms with E-state index in [2.05, 4.69) is 25.9 Å². The molecule has 0 aliphatic carbocycles. The molecule has 1 unspecified atom stereocenters. The molecule has 1 N–H and O–H groups in total. The first-order valence-corrected chi connectivity index (χ1v) is 6.38. The predicted octanol–water partition coefficient (Wildman–Crippen LogP) is 2.74. The summed E-state index contributed by atoms with van der Waals surface area (Å²) in [4.78, 5) is 7.99. The molecule has 0 fully saturated rings. The maximum absolute atomic E-state index is 9.84. The number of aliphatic hydroxyl groups is 1. The van der Waals surface area contributed by atoms with Gasteiger partial charge in [-0.25, -0.2) is 9.97 Å². The molecule has 18 heavy (non-hydrogen) atoms. The van der Waals surface area contributed by atoms with Gasteiger partial charge in [0, 0.05) is 23.3 Å². The van der Waals surface area contributed by atoms with Gasteiger partial charge in [0.1, 0.15) is 11.9 Å². The fraction of sp³-hybridized carbons (Fsp3) is 0.231. The lowest BCUT2D eigenvalue weighted by Gasteiger charge is -2.10. The molecule has 2 aromatic rings. The third-order valence-electron chi connectivity index (χ3n) is 2.34. The van der Waals surface area contributed by atoms with Crippen LogP contribution in [0.15, 0.2) is 47.2 Å². The van der Waals surface area contributed by atoms with Crippen LogP contribution in [0.2, 0.25) is 0 Å². The van der Waals surface area contributed by atoms with Crippen LogP contribution in [0.5, 0.6) is 5.75 Å². The largest absolute Gasteiger partial charge is 0.493 e. The average Bonchev–Trinajstić information content (AvgIpc) is 2.40. The SMILES string of the molecule is OC(CCOc1cccc(Br)c1)c1ncccn1. The zero-order valence-electron chi connectivity index (χ0n) is 9.66. The lowest BCUT2D eigenvalue weighted by atomic mass is 10.2. The van der Waals surface area contributed by atoms with Crippen LogP contribution in [-0.2, 0) is 0 Å². The summed E-state index contributed by atoms with van der Waals surface area (Å²) in [5, 5.41) is 9.84. The maximum atomic E-state index is 9.84. The molecule has 4 nitrogen and oxygen atoms in total. The topological polar surface area (TPSA) is 55.2 Å². The van der Waals surface area contributed by atoms with E-state index < -0.39 is 6.10 Å². The molecular formula is C13H13BrN2O2. The van der Waals surface area contributed by atoms with E-state index in [1.807, 2.05) is 24.3 Å². The highest BCUT2D eigenvalue weighted by molar-refractivity contribution is 9.10. The van der Waals surface area contributed by atoms with Crippen molar-refractivity contribution in [3.8, 4) is 5.75 Å². The van der Waals surface area contributed by atoms with Crippen molar-refractivity contribution in [1.82, 2.24) is 9.97 Å². The summed E-state index contributed by atoms with van der Waals surface area (Å²) in [6.07, 6.45) is 2.98. The fourth-order valence-electron chi connectivity index (χ4n) is 1.46. The Morgan fingerprint density at radius 1 is 1.22 bits per heavy atom. The van der Waals surface area contributed by atoms with Gasteiger partial charge in [-0.3, -0.25) is 0 Å². The number of aromatic nitrogens is 2. The van der Waals surface area contributed by atoms with E-state index in [4.69, 9.17) is 4.74 Å². The van der Waals surface area contributed by atoms with Crippen molar-refractivity contribution < 1.29 is 9.84 Å². The Labute approximate surface area is 114 Å². The summed E-state index contributed by atoms with van der Waals surface area (Å²) in [6.45, 7) is 0.413.